The van der Waals surface area contributed by atoms with Gasteiger partial charge in [-0.1, -0.05) is 23.7 Å². The molecule has 2 rings (SSSR count). The fourth-order valence-electron chi connectivity index (χ4n) is 2.25. The van der Waals surface area contributed by atoms with E-state index in [1.807, 2.05) is 18.2 Å². The van der Waals surface area contributed by atoms with E-state index in [1.54, 1.807) is 0 Å². The average Bonchev–Trinajstić information content (AvgIpc) is 2.79. The summed E-state index contributed by atoms with van der Waals surface area (Å²) >= 11 is 5.91. The van der Waals surface area contributed by atoms with Crippen LogP contribution < -0.4 is 5.32 Å². The third-order valence-corrected chi connectivity index (χ3v) is 3.42. The second kappa shape index (κ2) is 5.67. The molecule has 0 saturated carbocycles. The summed E-state index contributed by atoms with van der Waals surface area (Å²) < 4.78 is 0. The number of aryl methyl sites for hydroxylation is 1. The first-order chi connectivity index (χ1) is 7.75. The van der Waals surface area contributed by atoms with Crippen molar-refractivity contribution < 1.29 is 5.11 Å². The van der Waals surface area contributed by atoms with Crippen LogP contribution in [0.5, 0.6) is 0 Å². The fourth-order valence-corrected chi connectivity index (χ4v) is 2.46. The van der Waals surface area contributed by atoms with E-state index in [9.17, 15) is 5.11 Å². The number of aliphatic hydroxyl groups excluding tert-OH is 1. The van der Waals surface area contributed by atoms with Crippen molar-refractivity contribution in [2.75, 3.05) is 6.54 Å². The zero-order valence-electron chi connectivity index (χ0n) is 9.32. The quantitative estimate of drug-likeness (QED) is 0.846. The lowest BCUT2D eigenvalue weighted by atomic mass is 10.0. The Kier molecular flexibility index (Phi) is 4.22. The van der Waals surface area contributed by atoms with Crippen molar-refractivity contribution in [1.82, 2.24) is 5.32 Å². The largest absolute Gasteiger partial charge is 0.391 e. The first kappa shape index (κ1) is 11.9. The molecule has 1 saturated heterocycles. The second-order valence-corrected chi connectivity index (χ2v) is 4.88. The molecule has 0 amide bonds. The minimum atomic E-state index is -0.235. The highest BCUT2D eigenvalue weighted by Crippen LogP contribution is 2.16. The van der Waals surface area contributed by atoms with E-state index in [-0.39, 0.29) is 6.10 Å². The smallest absolute Gasteiger partial charge is 0.0696 e. The summed E-state index contributed by atoms with van der Waals surface area (Å²) in [5.41, 5.74) is 1.20. The normalized spacial score (nSPS) is 22.2. The second-order valence-electron chi connectivity index (χ2n) is 4.44. The summed E-state index contributed by atoms with van der Waals surface area (Å²) in [4.78, 5) is 0. The summed E-state index contributed by atoms with van der Waals surface area (Å²) in [6.07, 6.45) is 3.73. The molecule has 1 aliphatic rings. The molecule has 0 aromatic heterocycles. The maximum atomic E-state index is 9.98. The predicted octanol–water partition coefficient (Wildman–Crippen LogP) is 2.39. The first-order valence-corrected chi connectivity index (χ1v) is 6.29. The van der Waals surface area contributed by atoms with Gasteiger partial charge in [-0.15, -0.1) is 0 Å². The lowest BCUT2D eigenvalue weighted by Crippen LogP contribution is -2.34. The van der Waals surface area contributed by atoms with Gasteiger partial charge in [0.1, 0.15) is 0 Å². The van der Waals surface area contributed by atoms with Crippen LogP contribution >= 0.6 is 11.6 Å². The van der Waals surface area contributed by atoms with Gasteiger partial charge in [0.15, 0.2) is 0 Å². The Morgan fingerprint density at radius 2 is 2.38 bits per heavy atom. The Morgan fingerprint density at radius 1 is 1.50 bits per heavy atom. The molecule has 1 aromatic carbocycles. The third kappa shape index (κ3) is 3.21. The maximum Gasteiger partial charge on any atom is 0.0696 e. The highest BCUT2D eigenvalue weighted by molar-refractivity contribution is 6.30. The SMILES string of the molecule is OC(CCc1cccc(Cl)c1)C1CCCN1. The monoisotopic (exact) mass is 239 g/mol. The van der Waals surface area contributed by atoms with Gasteiger partial charge in [0, 0.05) is 11.1 Å². The predicted molar refractivity (Wildman–Crippen MR) is 66.8 cm³/mol. The first-order valence-electron chi connectivity index (χ1n) is 5.91. The topological polar surface area (TPSA) is 32.3 Å². The van der Waals surface area contributed by atoms with Crippen LogP contribution in [0.15, 0.2) is 24.3 Å². The molecule has 1 aliphatic heterocycles. The summed E-state index contributed by atoms with van der Waals surface area (Å²) in [5, 5.41) is 14.1. The van der Waals surface area contributed by atoms with Crippen molar-refractivity contribution in [3.05, 3.63) is 34.9 Å². The number of nitrogens with one attached hydrogen (secondary N) is 1. The van der Waals surface area contributed by atoms with Crippen LogP contribution in [-0.4, -0.2) is 23.8 Å². The van der Waals surface area contributed by atoms with Gasteiger partial charge in [-0.25, -0.2) is 0 Å². The number of halogens is 1. The Hall–Kier alpha value is -0.570. The Bertz CT molecular complexity index is 336. The lowest BCUT2D eigenvalue weighted by molar-refractivity contribution is 0.127. The van der Waals surface area contributed by atoms with Crippen molar-refractivity contribution >= 4 is 11.6 Å². The molecule has 88 valence electrons. The number of rotatable bonds is 4. The van der Waals surface area contributed by atoms with E-state index in [0.717, 1.165) is 30.8 Å². The molecule has 2 unspecified atom stereocenters. The van der Waals surface area contributed by atoms with E-state index in [2.05, 4.69) is 11.4 Å². The third-order valence-electron chi connectivity index (χ3n) is 3.18. The molecule has 0 aliphatic carbocycles. The Morgan fingerprint density at radius 3 is 3.06 bits per heavy atom. The number of aliphatic hydroxyl groups is 1. The van der Waals surface area contributed by atoms with Crippen molar-refractivity contribution in [3.8, 4) is 0 Å². The summed E-state index contributed by atoms with van der Waals surface area (Å²) in [7, 11) is 0. The summed E-state index contributed by atoms with van der Waals surface area (Å²) in [5.74, 6) is 0. The van der Waals surface area contributed by atoms with E-state index in [4.69, 9.17) is 11.6 Å². The van der Waals surface area contributed by atoms with E-state index < -0.39 is 0 Å². The molecule has 1 heterocycles. The number of hydrogen-bond donors (Lipinski definition) is 2. The van der Waals surface area contributed by atoms with E-state index >= 15 is 0 Å². The van der Waals surface area contributed by atoms with Gasteiger partial charge in [0.2, 0.25) is 0 Å². The van der Waals surface area contributed by atoms with Crippen LogP contribution in [0.1, 0.15) is 24.8 Å². The van der Waals surface area contributed by atoms with Crippen LogP contribution in [0.2, 0.25) is 5.02 Å². The van der Waals surface area contributed by atoms with Crippen molar-refractivity contribution in [3.63, 3.8) is 0 Å². The van der Waals surface area contributed by atoms with E-state index in [0.29, 0.717) is 6.04 Å². The molecule has 2 nitrogen and oxygen atoms in total. The minimum Gasteiger partial charge on any atom is -0.391 e. The van der Waals surface area contributed by atoms with E-state index in [1.165, 1.54) is 12.0 Å². The Balaban J connectivity index is 1.82. The summed E-state index contributed by atoms with van der Waals surface area (Å²) in [6, 6.07) is 8.15. The molecule has 0 bridgehead atoms. The van der Waals surface area contributed by atoms with Gasteiger partial charge in [-0.3, -0.25) is 0 Å². The number of hydrogen-bond acceptors (Lipinski definition) is 2. The molecule has 2 atom stereocenters. The van der Waals surface area contributed by atoms with Crippen LogP contribution in [0, 0.1) is 0 Å². The van der Waals surface area contributed by atoms with Crippen molar-refractivity contribution in [2.24, 2.45) is 0 Å². The van der Waals surface area contributed by atoms with Gasteiger partial charge in [0.05, 0.1) is 6.10 Å². The van der Waals surface area contributed by atoms with Crippen molar-refractivity contribution in [2.45, 2.75) is 37.8 Å². The average molecular weight is 240 g/mol. The zero-order valence-corrected chi connectivity index (χ0v) is 10.1. The molecule has 3 heteroatoms. The molecule has 1 fully saturated rings. The molecular formula is C13H18ClNO. The van der Waals surface area contributed by atoms with Crippen LogP contribution in [0.25, 0.3) is 0 Å². The van der Waals surface area contributed by atoms with Crippen LogP contribution in [-0.2, 0) is 6.42 Å². The number of benzene rings is 1. The lowest BCUT2D eigenvalue weighted by Gasteiger charge is -2.18. The Labute approximate surface area is 102 Å². The zero-order chi connectivity index (χ0) is 11.4. The molecule has 0 radical (unpaired) electrons. The highest BCUT2D eigenvalue weighted by atomic mass is 35.5. The van der Waals surface area contributed by atoms with Gasteiger partial charge >= 0.3 is 0 Å². The molecule has 16 heavy (non-hydrogen) atoms. The summed E-state index contributed by atoms with van der Waals surface area (Å²) in [6.45, 7) is 1.04. The van der Waals surface area contributed by atoms with Crippen molar-refractivity contribution in [1.29, 1.82) is 0 Å². The van der Waals surface area contributed by atoms with Gasteiger partial charge in [-0.2, -0.15) is 0 Å². The van der Waals surface area contributed by atoms with Gasteiger partial charge < -0.3 is 10.4 Å². The molecule has 2 N–H and O–H groups in total. The molecule has 1 aromatic rings. The fraction of sp³-hybridized carbons (Fsp3) is 0.538. The minimum absolute atomic E-state index is 0.235. The maximum absolute atomic E-state index is 9.98. The van der Waals surface area contributed by atoms with Crippen LogP contribution in [0.4, 0.5) is 0 Å². The van der Waals surface area contributed by atoms with Gasteiger partial charge in [0.25, 0.3) is 0 Å². The molecule has 0 spiro atoms. The molecular weight excluding hydrogens is 222 g/mol. The standard InChI is InChI=1S/C13H18ClNO/c14-11-4-1-3-10(9-11)6-7-13(16)12-5-2-8-15-12/h1,3-4,9,12-13,15-16H,2,5-8H2. The van der Waals surface area contributed by atoms with Gasteiger partial charge in [-0.05, 0) is 49.9 Å². The van der Waals surface area contributed by atoms with Crippen LogP contribution in [0.3, 0.4) is 0 Å². The highest BCUT2D eigenvalue weighted by Gasteiger charge is 2.21.